The molecule has 122 valence electrons. The van der Waals surface area contributed by atoms with Gasteiger partial charge in [-0.05, 0) is 17.7 Å². The second-order valence-electron chi connectivity index (χ2n) is 5.18. The average molecular weight is 331 g/mol. The SMILES string of the molecule is CS(=O)(=O)N1CCN(Cc2ccc(NC(=O)O)c(F)c2)CC1. The van der Waals surface area contributed by atoms with Crippen molar-refractivity contribution in [1.29, 1.82) is 0 Å². The molecule has 1 heterocycles. The summed E-state index contributed by atoms with van der Waals surface area (Å²) >= 11 is 0. The smallest absolute Gasteiger partial charge is 0.409 e. The first-order valence-electron chi connectivity index (χ1n) is 6.71. The number of hydrogen-bond donors (Lipinski definition) is 2. The maximum atomic E-state index is 13.8. The van der Waals surface area contributed by atoms with E-state index in [9.17, 15) is 17.6 Å². The van der Waals surface area contributed by atoms with Crippen LogP contribution >= 0.6 is 0 Å². The van der Waals surface area contributed by atoms with Gasteiger partial charge in [-0.3, -0.25) is 10.2 Å². The van der Waals surface area contributed by atoms with Gasteiger partial charge in [-0.15, -0.1) is 0 Å². The van der Waals surface area contributed by atoms with E-state index in [2.05, 4.69) is 0 Å². The standard InChI is InChI=1S/C13H18FN3O4S/c1-22(20,21)17-6-4-16(5-7-17)9-10-2-3-12(11(14)8-10)15-13(18)19/h2-3,8,15H,4-7,9H2,1H3,(H,18,19). The van der Waals surface area contributed by atoms with Crippen LogP contribution < -0.4 is 5.32 Å². The molecule has 0 atom stereocenters. The third-order valence-electron chi connectivity index (χ3n) is 3.48. The lowest BCUT2D eigenvalue weighted by Crippen LogP contribution is -2.47. The van der Waals surface area contributed by atoms with Gasteiger partial charge in [0.05, 0.1) is 11.9 Å². The van der Waals surface area contributed by atoms with Gasteiger partial charge in [-0.25, -0.2) is 17.6 Å². The van der Waals surface area contributed by atoms with Crippen molar-refractivity contribution >= 4 is 21.8 Å². The van der Waals surface area contributed by atoms with Gasteiger partial charge in [0.15, 0.2) is 0 Å². The van der Waals surface area contributed by atoms with E-state index in [0.717, 1.165) is 0 Å². The van der Waals surface area contributed by atoms with Crippen molar-refractivity contribution in [1.82, 2.24) is 9.21 Å². The maximum absolute atomic E-state index is 13.8. The lowest BCUT2D eigenvalue weighted by molar-refractivity contribution is 0.182. The van der Waals surface area contributed by atoms with E-state index in [0.29, 0.717) is 38.3 Å². The molecule has 1 aromatic rings. The zero-order valence-electron chi connectivity index (χ0n) is 12.1. The highest BCUT2D eigenvalue weighted by Gasteiger charge is 2.23. The number of carboxylic acid groups (broad SMARTS) is 1. The molecule has 1 aliphatic heterocycles. The Morgan fingerprint density at radius 3 is 2.45 bits per heavy atom. The number of benzene rings is 1. The molecular weight excluding hydrogens is 313 g/mol. The molecule has 22 heavy (non-hydrogen) atoms. The lowest BCUT2D eigenvalue weighted by Gasteiger charge is -2.33. The number of sulfonamides is 1. The fraction of sp³-hybridized carbons (Fsp3) is 0.462. The lowest BCUT2D eigenvalue weighted by atomic mass is 10.1. The van der Waals surface area contributed by atoms with E-state index < -0.39 is 21.9 Å². The highest BCUT2D eigenvalue weighted by Crippen LogP contribution is 2.18. The highest BCUT2D eigenvalue weighted by atomic mass is 32.2. The third kappa shape index (κ3) is 4.39. The Bertz CT molecular complexity index is 657. The number of amides is 1. The summed E-state index contributed by atoms with van der Waals surface area (Å²) in [6.07, 6.45) is -0.129. The second kappa shape index (κ2) is 6.59. The van der Waals surface area contributed by atoms with Crippen molar-refractivity contribution in [2.45, 2.75) is 6.54 Å². The molecular formula is C13H18FN3O4S. The Balaban J connectivity index is 1.95. The Kier molecular flexibility index (Phi) is 4.99. The van der Waals surface area contributed by atoms with Crippen molar-refractivity contribution < 1.29 is 22.7 Å². The van der Waals surface area contributed by atoms with E-state index in [-0.39, 0.29) is 5.69 Å². The maximum Gasteiger partial charge on any atom is 0.409 e. The normalized spacial score (nSPS) is 17.4. The molecule has 0 aromatic heterocycles. The monoisotopic (exact) mass is 331 g/mol. The number of nitrogens with zero attached hydrogens (tertiary/aromatic N) is 2. The molecule has 0 radical (unpaired) electrons. The molecule has 0 bridgehead atoms. The number of piperazine rings is 1. The summed E-state index contributed by atoms with van der Waals surface area (Å²) in [7, 11) is -3.16. The number of halogens is 1. The summed E-state index contributed by atoms with van der Waals surface area (Å²) in [5, 5.41) is 10.6. The number of anilines is 1. The minimum Gasteiger partial charge on any atom is -0.465 e. The predicted octanol–water partition coefficient (Wildman–Crippen LogP) is 0.993. The minimum atomic E-state index is -3.16. The van der Waals surface area contributed by atoms with Crippen LogP contribution in [0.15, 0.2) is 18.2 Å². The topological polar surface area (TPSA) is 90.0 Å². The molecule has 0 unspecified atom stereocenters. The third-order valence-corrected chi connectivity index (χ3v) is 4.78. The van der Waals surface area contributed by atoms with E-state index >= 15 is 0 Å². The Morgan fingerprint density at radius 1 is 1.32 bits per heavy atom. The van der Waals surface area contributed by atoms with E-state index in [1.165, 1.54) is 22.7 Å². The molecule has 1 saturated heterocycles. The van der Waals surface area contributed by atoms with Gasteiger partial charge in [-0.1, -0.05) is 6.07 Å². The average Bonchev–Trinajstić information content (AvgIpc) is 2.41. The highest BCUT2D eigenvalue weighted by molar-refractivity contribution is 7.88. The van der Waals surface area contributed by atoms with Crippen LogP contribution in [0.25, 0.3) is 0 Å². The van der Waals surface area contributed by atoms with Crippen LogP contribution in [0.5, 0.6) is 0 Å². The van der Waals surface area contributed by atoms with Gasteiger partial charge in [0.1, 0.15) is 5.82 Å². The Morgan fingerprint density at radius 2 is 1.95 bits per heavy atom. The fourth-order valence-corrected chi connectivity index (χ4v) is 3.18. The van der Waals surface area contributed by atoms with Crippen LogP contribution in [0.4, 0.5) is 14.9 Å². The van der Waals surface area contributed by atoms with Gasteiger partial charge in [0, 0.05) is 32.7 Å². The summed E-state index contributed by atoms with van der Waals surface area (Å²) in [5.41, 5.74) is 0.624. The van der Waals surface area contributed by atoms with E-state index in [1.54, 1.807) is 6.07 Å². The Labute approximate surface area is 128 Å². The van der Waals surface area contributed by atoms with Crippen molar-refractivity contribution in [3.05, 3.63) is 29.6 Å². The van der Waals surface area contributed by atoms with Crippen LogP contribution in [0.2, 0.25) is 0 Å². The number of nitrogens with one attached hydrogen (secondary N) is 1. The predicted molar refractivity (Wildman–Crippen MR) is 79.7 cm³/mol. The fourth-order valence-electron chi connectivity index (χ4n) is 2.35. The van der Waals surface area contributed by atoms with Crippen LogP contribution in [0.3, 0.4) is 0 Å². The molecule has 9 heteroatoms. The molecule has 1 amide bonds. The van der Waals surface area contributed by atoms with Gasteiger partial charge < -0.3 is 5.11 Å². The largest absolute Gasteiger partial charge is 0.465 e. The van der Waals surface area contributed by atoms with Crippen LogP contribution in [0.1, 0.15) is 5.56 Å². The zero-order valence-corrected chi connectivity index (χ0v) is 12.9. The molecule has 0 saturated carbocycles. The second-order valence-corrected chi connectivity index (χ2v) is 7.16. The molecule has 2 N–H and O–H groups in total. The van der Waals surface area contributed by atoms with Gasteiger partial charge in [-0.2, -0.15) is 4.31 Å². The summed E-state index contributed by atoms with van der Waals surface area (Å²) in [5.74, 6) is -0.630. The van der Waals surface area contributed by atoms with Crippen molar-refractivity contribution in [2.24, 2.45) is 0 Å². The van der Waals surface area contributed by atoms with Crippen molar-refractivity contribution in [2.75, 3.05) is 37.8 Å². The van der Waals surface area contributed by atoms with E-state index in [4.69, 9.17) is 5.11 Å². The number of carbonyl (C=O) groups is 1. The Hall–Kier alpha value is -1.71. The number of rotatable bonds is 4. The quantitative estimate of drug-likeness (QED) is 0.859. The first-order chi connectivity index (χ1) is 10.3. The summed E-state index contributed by atoms with van der Waals surface area (Å²) in [6.45, 7) is 2.47. The molecule has 1 aromatic carbocycles. The molecule has 0 spiro atoms. The van der Waals surface area contributed by atoms with Gasteiger partial charge >= 0.3 is 6.09 Å². The molecule has 7 nitrogen and oxygen atoms in total. The van der Waals surface area contributed by atoms with Crippen molar-refractivity contribution in [3.63, 3.8) is 0 Å². The van der Waals surface area contributed by atoms with Crippen LogP contribution in [-0.4, -0.2) is 61.3 Å². The first kappa shape index (κ1) is 16.7. The first-order valence-corrected chi connectivity index (χ1v) is 8.56. The minimum absolute atomic E-state index is 0.0851. The molecule has 1 fully saturated rings. The summed E-state index contributed by atoms with van der Waals surface area (Å²) < 4.78 is 38.0. The van der Waals surface area contributed by atoms with E-state index in [1.807, 2.05) is 10.2 Å². The van der Waals surface area contributed by atoms with Crippen LogP contribution in [0, 0.1) is 5.82 Å². The molecule has 0 aliphatic carbocycles. The molecule has 1 aliphatic rings. The van der Waals surface area contributed by atoms with Crippen LogP contribution in [-0.2, 0) is 16.6 Å². The van der Waals surface area contributed by atoms with Gasteiger partial charge in [0.2, 0.25) is 10.0 Å². The molecule has 2 rings (SSSR count). The number of hydrogen-bond acceptors (Lipinski definition) is 4. The van der Waals surface area contributed by atoms with Crippen molar-refractivity contribution in [3.8, 4) is 0 Å². The van der Waals surface area contributed by atoms with Gasteiger partial charge in [0.25, 0.3) is 0 Å². The summed E-state index contributed by atoms with van der Waals surface area (Å²) in [4.78, 5) is 12.5. The zero-order chi connectivity index (χ0) is 16.3. The summed E-state index contributed by atoms with van der Waals surface area (Å²) in [6, 6.07) is 4.32.